The van der Waals surface area contributed by atoms with Gasteiger partial charge < -0.3 is 11.1 Å². The molecule has 0 fully saturated rings. The van der Waals surface area contributed by atoms with Crippen molar-refractivity contribution in [1.82, 2.24) is 0 Å². The second kappa shape index (κ2) is 3.08. The number of nitrogens with zero attached hydrogens (tertiary/aromatic N) is 1. The molecule has 3 nitrogen and oxygen atoms in total. The molecule has 3 heteroatoms. The summed E-state index contributed by atoms with van der Waals surface area (Å²) in [6.07, 6.45) is 0.859. The zero-order valence-corrected chi connectivity index (χ0v) is 7.25. The Morgan fingerprint density at radius 2 is 2.38 bits per heavy atom. The molecule has 1 aliphatic heterocycles. The number of rotatable bonds is 0. The average Bonchev–Trinajstić information content (AvgIpc) is 2.16. The Hall–Kier alpha value is -1.53. The lowest BCUT2D eigenvalue weighted by atomic mass is 9.98. The van der Waals surface area contributed by atoms with Crippen molar-refractivity contribution in [3.05, 3.63) is 29.3 Å². The summed E-state index contributed by atoms with van der Waals surface area (Å²) < 4.78 is 0. The first-order chi connectivity index (χ1) is 6.29. The van der Waals surface area contributed by atoms with Crippen LogP contribution in [0.2, 0.25) is 0 Å². The van der Waals surface area contributed by atoms with E-state index in [2.05, 4.69) is 11.4 Å². The molecule has 0 radical (unpaired) electrons. The highest BCUT2D eigenvalue weighted by atomic mass is 14.9. The smallest absolute Gasteiger partial charge is 0.0991 e. The first-order valence-corrected chi connectivity index (χ1v) is 4.32. The van der Waals surface area contributed by atoms with Gasteiger partial charge in [0.2, 0.25) is 0 Å². The van der Waals surface area contributed by atoms with Gasteiger partial charge >= 0.3 is 0 Å². The SMILES string of the molecule is N#Cc1ccc2c(c1)CC(N)CN2. The van der Waals surface area contributed by atoms with Crippen LogP contribution in [0.15, 0.2) is 18.2 Å². The van der Waals surface area contributed by atoms with Gasteiger partial charge in [0.15, 0.2) is 0 Å². The molecule has 0 spiro atoms. The van der Waals surface area contributed by atoms with E-state index < -0.39 is 0 Å². The molecule has 0 saturated heterocycles. The number of hydrogen-bond acceptors (Lipinski definition) is 3. The number of fused-ring (bicyclic) bond motifs is 1. The van der Waals surface area contributed by atoms with Gasteiger partial charge in [-0.3, -0.25) is 0 Å². The van der Waals surface area contributed by atoms with Crippen molar-refractivity contribution < 1.29 is 0 Å². The highest BCUT2D eigenvalue weighted by Gasteiger charge is 2.14. The fourth-order valence-electron chi connectivity index (χ4n) is 1.60. The molecule has 1 aliphatic rings. The van der Waals surface area contributed by atoms with Gasteiger partial charge in [-0.1, -0.05) is 0 Å². The fourth-order valence-corrected chi connectivity index (χ4v) is 1.60. The standard InChI is InChI=1S/C10H11N3/c11-5-7-1-2-10-8(3-7)4-9(12)6-13-10/h1-3,9,13H,4,6,12H2. The molecule has 1 aromatic carbocycles. The van der Waals surface area contributed by atoms with Crippen molar-refractivity contribution in [3.8, 4) is 6.07 Å². The lowest BCUT2D eigenvalue weighted by Gasteiger charge is -2.23. The Bertz CT molecular complexity index is 365. The molecular weight excluding hydrogens is 162 g/mol. The molecule has 3 N–H and O–H groups in total. The van der Waals surface area contributed by atoms with E-state index in [0.717, 1.165) is 24.2 Å². The van der Waals surface area contributed by atoms with Gasteiger partial charge in [-0.05, 0) is 30.2 Å². The predicted molar refractivity (Wildman–Crippen MR) is 51.3 cm³/mol. The minimum atomic E-state index is 0.168. The van der Waals surface area contributed by atoms with Crippen LogP contribution >= 0.6 is 0 Å². The van der Waals surface area contributed by atoms with Gasteiger partial charge in [-0.25, -0.2) is 0 Å². The number of nitrogens with two attached hydrogens (primary N) is 1. The van der Waals surface area contributed by atoms with E-state index in [1.54, 1.807) is 0 Å². The Kier molecular flexibility index (Phi) is 1.91. The normalized spacial score (nSPS) is 19.8. The number of hydrogen-bond donors (Lipinski definition) is 2. The molecule has 2 rings (SSSR count). The number of benzene rings is 1. The Balaban J connectivity index is 2.39. The van der Waals surface area contributed by atoms with Crippen LogP contribution in [0.4, 0.5) is 5.69 Å². The molecule has 1 heterocycles. The average molecular weight is 173 g/mol. The third-order valence-electron chi connectivity index (χ3n) is 2.27. The van der Waals surface area contributed by atoms with E-state index in [1.807, 2.05) is 18.2 Å². The van der Waals surface area contributed by atoms with Crippen LogP contribution in [0.1, 0.15) is 11.1 Å². The maximum atomic E-state index is 8.70. The minimum Gasteiger partial charge on any atom is -0.383 e. The molecule has 66 valence electrons. The molecule has 0 saturated carbocycles. The van der Waals surface area contributed by atoms with Gasteiger partial charge in [0.25, 0.3) is 0 Å². The maximum Gasteiger partial charge on any atom is 0.0991 e. The lowest BCUT2D eigenvalue weighted by molar-refractivity contribution is 0.679. The fraction of sp³-hybridized carbons (Fsp3) is 0.300. The topological polar surface area (TPSA) is 61.8 Å². The highest BCUT2D eigenvalue weighted by molar-refractivity contribution is 5.56. The van der Waals surface area contributed by atoms with Crippen LogP contribution in [-0.4, -0.2) is 12.6 Å². The molecule has 0 amide bonds. The molecular formula is C10H11N3. The van der Waals surface area contributed by atoms with Gasteiger partial charge in [-0.2, -0.15) is 5.26 Å². The number of nitriles is 1. The van der Waals surface area contributed by atoms with Crippen molar-refractivity contribution in [2.75, 3.05) is 11.9 Å². The van der Waals surface area contributed by atoms with Gasteiger partial charge in [-0.15, -0.1) is 0 Å². The van der Waals surface area contributed by atoms with Crippen molar-refractivity contribution >= 4 is 5.69 Å². The zero-order valence-electron chi connectivity index (χ0n) is 7.25. The molecule has 13 heavy (non-hydrogen) atoms. The maximum absolute atomic E-state index is 8.70. The first kappa shape index (κ1) is 8.09. The summed E-state index contributed by atoms with van der Waals surface area (Å²) in [4.78, 5) is 0. The van der Waals surface area contributed by atoms with E-state index in [4.69, 9.17) is 11.0 Å². The molecule has 0 aromatic heterocycles. The Morgan fingerprint density at radius 3 is 3.15 bits per heavy atom. The summed E-state index contributed by atoms with van der Waals surface area (Å²) >= 11 is 0. The van der Waals surface area contributed by atoms with E-state index in [9.17, 15) is 0 Å². The number of nitrogens with one attached hydrogen (secondary N) is 1. The second-order valence-corrected chi connectivity index (χ2v) is 3.33. The van der Waals surface area contributed by atoms with Crippen LogP contribution in [0.5, 0.6) is 0 Å². The third kappa shape index (κ3) is 1.49. The quantitative estimate of drug-likeness (QED) is 0.611. The van der Waals surface area contributed by atoms with Crippen molar-refractivity contribution in [1.29, 1.82) is 5.26 Å². The van der Waals surface area contributed by atoms with Crippen LogP contribution in [0.25, 0.3) is 0 Å². The largest absolute Gasteiger partial charge is 0.383 e. The molecule has 0 aliphatic carbocycles. The summed E-state index contributed by atoms with van der Waals surface area (Å²) in [7, 11) is 0. The predicted octanol–water partition coefficient (Wildman–Crippen LogP) is 0.854. The Labute approximate surface area is 77.2 Å². The highest BCUT2D eigenvalue weighted by Crippen LogP contribution is 2.22. The van der Waals surface area contributed by atoms with E-state index in [0.29, 0.717) is 5.56 Å². The van der Waals surface area contributed by atoms with Gasteiger partial charge in [0.1, 0.15) is 0 Å². The molecule has 1 unspecified atom stereocenters. The van der Waals surface area contributed by atoms with Crippen molar-refractivity contribution in [3.63, 3.8) is 0 Å². The summed E-state index contributed by atoms with van der Waals surface area (Å²) in [5.41, 5.74) is 8.76. The molecule has 0 bridgehead atoms. The van der Waals surface area contributed by atoms with E-state index in [1.165, 1.54) is 0 Å². The van der Waals surface area contributed by atoms with Crippen molar-refractivity contribution in [2.45, 2.75) is 12.5 Å². The summed E-state index contributed by atoms with van der Waals surface area (Å²) in [5, 5.41) is 11.9. The zero-order chi connectivity index (χ0) is 9.26. The molecule has 1 atom stereocenters. The minimum absolute atomic E-state index is 0.168. The monoisotopic (exact) mass is 173 g/mol. The molecule has 1 aromatic rings. The first-order valence-electron chi connectivity index (χ1n) is 4.32. The Morgan fingerprint density at radius 1 is 1.54 bits per heavy atom. The lowest BCUT2D eigenvalue weighted by Crippen LogP contribution is -2.35. The summed E-state index contributed by atoms with van der Waals surface area (Å²) in [6, 6.07) is 7.96. The summed E-state index contributed by atoms with van der Waals surface area (Å²) in [6.45, 7) is 0.818. The number of anilines is 1. The van der Waals surface area contributed by atoms with Crippen LogP contribution in [0, 0.1) is 11.3 Å². The van der Waals surface area contributed by atoms with Gasteiger partial charge in [0.05, 0.1) is 11.6 Å². The third-order valence-corrected chi connectivity index (χ3v) is 2.27. The van der Waals surface area contributed by atoms with Crippen LogP contribution < -0.4 is 11.1 Å². The van der Waals surface area contributed by atoms with Crippen LogP contribution in [-0.2, 0) is 6.42 Å². The summed E-state index contributed by atoms with van der Waals surface area (Å²) in [5.74, 6) is 0. The van der Waals surface area contributed by atoms with E-state index >= 15 is 0 Å². The van der Waals surface area contributed by atoms with Crippen LogP contribution in [0.3, 0.4) is 0 Å². The van der Waals surface area contributed by atoms with E-state index in [-0.39, 0.29) is 6.04 Å². The second-order valence-electron chi connectivity index (χ2n) is 3.33. The van der Waals surface area contributed by atoms with Gasteiger partial charge in [0, 0.05) is 18.3 Å². The van der Waals surface area contributed by atoms with Crippen molar-refractivity contribution in [2.24, 2.45) is 5.73 Å².